The Balaban J connectivity index is 1.95. The third-order valence-corrected chi connectivity index (χ3v) is 3.46. The van der Waals surface area contributed by atoms with E-state index in [1.165, 1.54) is 0 Å². The fourth-order valence-electron chi connectivity index (χ4n) is 2.01. The Kier molecular flexibility index (Phi) is 3.57. The highest BCUT2D eigenvalue weighted by Crippen LogP contribution is 2.29. The molecule has 3 rings (SSSR count). The quantitative estimate of drug-likeness (QED) is 0.845. The van der Waals surface area contributed by atoms with Crippen molar-refractivity contribution in [2.24, 2.45) is 5.10 Å². The summed E-state index contributed by atoms with van der Waals surface area (Å²) >= 11 is 12.0. The van der Waals surface area contributed by atoms with Crippen LogP contribution in [0.15, 0.2) is 45.4 Å². The molecule has 0 spiro atoms. The second-order valence-electron chi connectivity index (χ2n) is 4.56. The van der Waals surface area contributed by atoms with Gasteiger partial charge in [0.2, 0.25) is 0 Å². The molecule has 1 aromatic carbocycles. The van der Waals surface area contributed by atoms with Gasteiger partial charge in [-0.3, -0.25) is 4.79 Å². The average Bonchev–Trinajstić information content (AvgIpc) is 3.00. The Morgan fingerprint density at radius 2 is 1.90 bits per heavy atom. The molecule has 0 unspecified atom stereocenters. The van der Waals surface area contributed by atoms with Gasteiger partial charge in [0, 0.05) is 15.6 Å². The van der Waals surface area contributed by atoms with Crippen LogP contribution in [0.3, 0.4) is 0 Å². The van der Waals surface area contributed by atoms with Crippen LogP contribution in [-0.4, -0.2) is 11.6 Å². The Morgan fingerprint density at radius 3 is 2.52 bits per heavy atom. The number of nitrogens with one attached hydrogen (secondary N) is 1. The Bertz CT molecular complexity index is 770. The predicted molar refractivity (Wildman–Crippen MR) is 83.4 cm³/mol. The van der Waals surface area contributed by atoms with Crippen molar-refractivity contribution in [1.82, 2.24) is 5.43 Å². The molecule has 0 saturated carbocycles. The smallest absolute Gasteiger partial charge is 0.273 e. The van der Waals surface area contributed by atoms with E-state index in [1.807, 2.05) is 0 Å². The van der Waals surface area contributed by atoms with Gasteiger partial charge in [0.25, 0.3) is 5.91 Å². The first kappa shape index (κ1) is 13.9. The van der Waals surface area contributed by atoms with Crippen molar-refractivity contribution >= 4 is 40.9 Å². The first-order chi connectivity index (χ1) is 10.0. The minimum Gasteiger partial charge on any atom is -0.457 e. The summed E-state index contributed by atoms with van der Waals surface area (Å²) in [7, 11) is 0. The summed E-state index contributed by atoms with van der Waals surface area (Å²) in [5.41, 5.74) is 4.29. The van der Waals surface area contributed by atoms with Crippen molar-refractivity contribution in [3.05, 3.63) is 51.7 Å². The molecule has 106 valence electrons. The van der Waals surface area contributed by atoms with E-state index in [4.69, 9.17) is 27.6 Å². The van der Waals surface area contributed by atoms with Gasteiger partial charge in [0.15, 0.2) is 0 Å². The van der Waals surface area contributed by atoms with Crippen molar-refractivity contribution in [2.45, 2.75) is 6.92 Å². The zero-order chi connectivity index (χ0) is 15.0. The lowest BCUT2D eigenvalue weighted by atomic mass is 10.1. The summed E-state index contributed by atoms with van der Waals surface area (Å²) in [5, 5.41) is 4.92. The molecule has 0 fully saturated rings. The number of amides is 1. The highest BCUT2D eigenvalue weighted by atomic mass is 35.5. The molecule has 0 bridgehead atoms. The predicted octanol–water partition coefficient (Wildman–Crippen LogP) is 4.14. The number of carbonyl (C=O) groups is 1. The number of carbonyl (C=O) groups excluding carboxylic acids is 1. The summed E-state index contributed by atoms with van der Waals surface area (Å²) < 4.78 is 5.71. The van der Waals surface area contributed by atoms with E-state index in [9.17, 15) is 4.79 Å². The van der Waals surface area contributed by atoms with Crippen LogP contribution in [0.1, 0.15) is 12.7 Å². The van der Waals surface area contributed by atoms with Gasteiger partial charge < -0.3 is 4.42 Å². The lowest BCUT2D eigenvalue weighted by molar-refractivity contribution is -0.116. The van der Waals surface area contributed by atoms with Crippen LogP contribution in [-0.2, 0) is 4.79 Å². The molecular weight excluding hydrogens is 311 g/mol. The van der Waals surface area contributed by atoms with E-state index in [-0.39, 0.29) is 5.91 Å². The monoisotopic (exact) mass is 320 g/mol. The Morgan fingerprint density at radius 1 is 1.19 bits per heavy atom. The van der Waals surface area contributed by atoms with E-state index in [0.29, 0.717) is 32.9 Å². The summed E-state index contributed by atoms with van der Waals surface area (Å²) in [6.45, 7) is 1.75. The SMILES string of the molecule is CC1=NNC(=O)/C1=C\c1ccc(-c2cc(Cl)cc(Cl)c2)o1. The summed E-state index contributed by atoms with van der Waals surface area (Å²) in [5.74, 6) is 0.943. The first-order valence-electron chi connectivity index (χ1n) is 6.16. The molecule has 0 saturated heterocycles. The van der Waals surface area contributed by atoms with Gasteiger partial charge in [-0.15, -0.1) is 0 Å². The average molecular weight is 321 g/mol. The minimum atomic E-state index is -0.240. The van der Waals surface area contributed by atoms with E-state index in [0.717, 1.165) is 5.56 Å². The van der Waals surface area contributed by atoms with E-state index < -0.39 is 0 Å². The molecule has 1 aromatic heterocycles. The maximum Gasteiger partial charge on any atom is 0.273 e. The second-order valence-corrected chi connectivity index (χ2v) is 5.43. The van der Waals surface area contributed by atoms with Gasteiger partial charge in [-0.25, -0.2) is 5.43 Å². The van der Waals surface area contributed by atoms with E-state index in [1.54, 1.807) is 43.3 Å². The number of hydrazone groups is 1. The highest BCUT2D eigenvalue weighted by Gasteiger charge is 2.19. The van der Waals surface area contributed by atoms with E-state index >= 15 is 0 Å². The summed E-state index contributed by atoms with van der Waals surface area (Å²) in [4.78, 5) is 11.6. The van der Waals surface area contributed by atoms with Crippen LogP contribution in [0.4, 0.5) is 0 Å². The molecule has 0 atom stereocenters. The lowest BCUT2D eigenvalue weighted by Gasteiger charge is -1.99. The van der Waals surface area contributed by atoms with Crippen LogP contribution >= 0.6 is 23.2 Å². The zero-order valence-electron chi connectivity index (χ0n) is 11.0. The van der Waals surface area contributed by atoms with Gasteiger partial charge in [0.1, 0.15) is 11.5 Å². The number of benzene rings is 1. The van der Waals surface area contributed by atoms with Gasteiger partial charge in [0.05, 0.1) is 11.3 Å². The summed E-state index contributed by atoms with van der Waals surface area (Å²) in [6, 6.07) is 8.75. The molecule has 2 heterocycles. The molecule has 1 N–H and O–H groups in total. The van der Waals surface area contributed by atoms with Crippen LogP contribution in [0, 0.1) is 0 Å². The fourth-order valence-corrected chi connectivity index (χ4v) is 2.54. The number of hydrogen-bond acceptors (Lipinski definition) is 3. The van der Waals surface area contributed by atoms with Crippen molar-refractivity contribution in [3.8, 4) is 11.3 Å². The molecule has 21 heavy (non-hydrogen) atoms. The molecule has 4 nitrogen and oxygen atoms in total. The van der Waals surface area contributed by atoms with Crippen molar-refractivity contribution in [2.75, 3.05) is 0 Å². The Labute approximate surface area is 131 Å². The number of furan rings is 1. The molecule has 1 aliphatic rings. The minimum absolute atomic E-state index is 0.240. The third-order valence-electron chi connectivity index (χ3n) is 3.02. The van der Waals surface area contributed by atoms with E-state index in [2.05, 4.69) is 10.5 Å². The van der Waals surface area contributed by atoms with Crippen LogP contribution in [0.5, 0.6) is 0 Å². The molecule has 1 aliphatic heterocycles. The maximum absolute atomic E-state index is 11.6. The Hall–Kier alpha value is -2.04. The number of halogens is 2. The molecule has 0 aliphatic carbocycles. The zero-order valence-corrected chi connectivity index (χ0v) is 12.5. The van der Waals surface area contributed by atoms with Crippen LogP contribution < -0.4 is 5.43 Å². The molecule has 1 amide bonds. The number of nitrogens with zero attached hydrogens (tertiary/aromatic N) is 1. The second kappa shape index (κ2) is 5.39. The van der Waals surface area contributed by atoms with Crippen molar-refractivity contribution < 1.29 is 9.21 Å². The normalized spacial score (nSPS) is 16.2. The topological polar surface area (TPSA) is 54.6 Å². The van der Waals surface area contributed by atoms with Crippen molar-refractivity contribution in [1.29, 1.82) is 0 Å². The highest BCUT2D eigenvalue weighted by molar-refractivity contribution is 6.35. The van der Waals surface area contributed by atoms with Gasteiger partial charge in [-0.1, -0.05) is 23.2 Å². The third kappa shape index (κ3) is 2.86. The lowest BCUT2D eigenvalue weighted by Crippen LogP contribution is -2.12. The maximum atomic E-state index is 11.6. The summed E-state index contributed by atoms with van der Waals surface area (Å²) in [6.07, 6.45) is 1.65. The van der Waals surface area contributed by atoms with Crippen molar-refractivity contribution in [3.63, 3.8) is 0 Å². The standard InChI is InChI=1S/C15H10Cl2N2O2/c1-8-13(15(20)19-18-8)7-12-2-3-14(21-12)9-4-10(16)6-11(17)5-9/h2-7H,1H3,(H,19,20)/b13-7-. The van der Waals surface area contributed by atoms with Crippen LogP contribution in [0.2, 0.25) is 10.0 Å². The molecule has 2 aromatic rings. The van der Waals surface area contributed by atoms with Gasteiger partial charge in [-0.2, -0.15) is 5.10 Å². The van der Waals surface area contributed by atoms with Gasteiger partial charge >= 0.3 is 0 Å². The molecule has 0 radical (unpaired) electrons. The first-order valence-corrected chi connectivity index (χ1v) is 6.91. The molecular formula is C15H10Cl2N2O2. The fraction of sp³-hybridized carbons (Fsp3) is 0.0667. The van der Waals surface area contributed by atoms with Crippen LogP contribution in [0.25, 0.3) is 17.4 Å². The number of hydrogen-bond donors (Lipinski definition) is 1. The largest absolute Gasteiger partial charge is 0.457 e. The van der Waals surface area contributed by atoms with Gasteiger partial charge in [-0.05, 0) is 43.3 Å². The number of rotatable bonds is 2. The molecule has 6 heteroatoms.